The summed E-state index contributed by atoms with van der Waals surface area (Å²) < 4.78 is 5.44. The molecule has 4 heterocycles. The fourth-order valence-corrected chi connectivity index (χ4v) is 4.01. The van der Waals surface area contributed by atoms with Gasteiger partial charge in [-0.15, -0.1) is 11.3 Å². The Balaban J connectivity index is 1.45. The van der Waals surface area contributed by atoms with Crippen molar-refractivity contribution in [1.82, 2.24) is 30.4 Å². The number of aromatic nitrogens is 5. The Bertz CT molecular complexity index is 1260. The van der Waals surface area contributed by atoms with E-state index in [0.29, 0.717) is 41.9 Å². The molecule has 32 heavy (non-hydrogen) atoms. The van der Waals surface area contributed by atoms with Crippen molar-refractivity contribution in [3.8, 4) is 21.9 Å². The van der Waals surface area contributed by atoms with Crippen LogP contribution < -0.4 is 10.6 Å². The number of carbonyl (C=O) groups excluding carboxylic acids is 1. The Labute approximate surface area is 189 Å². The second-order valence-electron chi connectivity index (χ2n) is 7.30. The topological polar surface area (TPSA) is 119 Å². The molecular formula is C22H23N7O2S. The molecule has 0 aromatic carbocycles. The highest BCUT2D eigenvalue weighted by molar-refractivity contribution is 7.15. The quantitative estimate of drug-likeness (QED) is 0.410. The maximum atomic E-state index is 12.4. The molecule has 4 rings (SSSR count). The van der Waals surface area contributed by atoms with Crippen LogP contribution in [-0.2, 0) is 0 Å². The van der Waals surface area contributed by atoms with Gasteiger partial charge in [0.1, 0.15) is 5.82 Å². The molecule has 164 valence electrons. The van der Waals surface area contributed by atoms with E-state index in [-0.39, 0.29) is 5.91 Å². The number of nitrogens with zero attached hydrogens (tertiary/aromatic N) is 5. The first-order valence-electron chi connectivity index (χ1n) is 10.1. The number of rotatable bonds is 7. The van der Waals surface area contributed by atoms with Crippen molar-refractivity contribution < 1.29 is 9.32 Å². The molecule has 0 aliphatic carbocycles. The van der Waals surface area contributed by atoms with Crippen molar-refractivity contribution in [2.75, 3.05) is 18.4 Å². The van der Waals surface area contributed by atoms with Crippen molar-refractivity contribution in [2.45, 2.75) is 27.7 Å². The average molecular weight is 450 g/mol. The monoisotopic (exact) mass is 449 g/mol. The van der Waals surface area contributed by atoms with Gasteiger partial charge in [-0.05, 0) is 39.8 Å². The van der Waals surface area contributed by atoms with E-state index in [0.717, 1.165) is 21.8 Å². The zero-order valence-electron chi connectivity index (χ0n) is 18.3. The van der Waals surface area contributed by atoms with Crippen LogP contribution in [0.25, 0.3) is 21.9 Å². The molecule has 0 saturated heterocycles. The molecule has 10 heteroatoms. The highest BCUT2D eigenvalue weighted by Crippen LogP contribution is 2.35. The zero-order valence-corrected chi connectivity index (χ0v) is 19.1. The van der Waals surface area contributed by atoms with Gasteiger partial charge in [0.05, 0.1) is 33.1 Å². The number of amides is 1. The Morgan fingerprint density at radius 1 is 1.06 bits per heavy atom. The van der Waals surface area contributed by atoms with Crippen LogP contribution in [0.1, 0.15) is 32.4 Å². The summed E-state index contributed by atoms with van der Waals surface area (Å²) in [7, 11) is 0. The molecular weight excluding hydrogens is 426 g/mol. The molecule has 0 aliphatic heterocycles. The molecule has 0 bridgehead atoms. The van der Waals surface area contributed by atoms with E-state index in [1.807, 2.05) is 19.1 Å². The van der Waals surface area contributed by atoms with Crippen LogP contribution in [0.15, 0.2) is 35.1 Å². The molecule has 0 atom stereocenters. The summed E-state index contributed by atoms with van der Waals surface area (Å²) in [6.45, 7) is 8.36. The maximum absolute atomic E-state index is 12.4. The highest BCUT2D eigenvalue weighted by Gasteiger charge is 2.17. The molecule has 0 radical (unpaired) electrons. The number of nitrogens with one attached hydrogen (secondary N) is 2. The molecule has 4 aromatic rings. The van der Waals surface area contributed by atoms with E-state index in [9.17, 15) is 4.79 Å². The Kier molecular flexibility index (Phi) is 6.22. The van der Waals surface area contributed by atoms with E-state index in [1.165, 1.54) is 4.88 Å². The van der Waals surface area contributed by atoms with Crippen molar-refractivity contribution >= 4 is 23.2 Å². The van der Waals surface area contributed by atoms with Gasteiger partial charge in [0, 0.05) is 36.4 Å². The van der Waals surface area contributed by atoms with Crippen molar-refractivity contribution in [1.29, 1.82) is 0 Å². The predicted molar refractivity (Wildman–Crippen MR) is 123 cm³/mol. The number of anilines is 1. The number of aryl methyl sites for hydroxylation is 4. The van der Waals surface area contributed by atoms with Gasteiger partial charge in [-0.1, -0.05) is 5.16 Å². The summed E-state index contributed by atoms with van der Waals surface area (Å²) in [5, 5.41) is 10.0. The summed E-state index contributed by atoms with van der Waals surface area (Å²) in [5.41, 5.74) is 3.46. The molecule has 1 amide bonds. The fourth-order valence-electron chi connectivity index (χ4n) is 3.14. The summed E-state index contributed by atoms with van der Waals surface area (Å²) in [4.78, 5) is 32.0. The predicted octanol–water partition coefficient (Wildman–Crippen LogP) is 3.73. The number of carbonyl (C=O) groups is 1. The van der Waals surface area contributed by atoms with Crippen LogP contribution in [-0.4, -0.2) is 44.1 Å². The zero-order chi connectivity index (χ0) is 22.7. The lowest BCUT2D eigenvalue weighted by Gasteiger charge is -2.10. The maximum Gasteiger partial charge on any atom is 0.254 e. The lowest BCUT2D eigenvalue weighted by Crippen LogP contribution is -2.30. The van der Waals surface area contributed by atoms with Crippen LogP contribution in [0.2, 0.25) is 0 Å². The Morgan fingerprint density at radius 3 is 2.59 bits per heavy atom. The third-order valence-corrected chi connectivity index (χ3v) is 5.70. The second kappa shape index (κ2) is 9.23. The van der Waals surface area contributed by atoms with E-state index < -0.39 is 0 Å². The Morgan fingerprint density at radius 2 is 1.91 bits per heavy atom. The van der Waals surface area contributed by atoms with Crippen LogP contribution in [0.3, 0.4) is 0 Å². The molecule has 0 saturated carbocycles. The van der Waals surface area contributed by atoms with E-state index in [4.69, 9.17) is 9.51 Å². The molecule has 4 aromatic heterocycles. The SMILES string of the molecule is Cc1cc(-c2cnc(NCCNC(=O)c3cnc(C)nc3C)nc2-c2ccc(C)s2)on1. The average Bonchev–Trinajstić information content (AvgIpc) is 3.39. The fraction of sp³-hybridized carbons (Fsp3) is 0.273. The van der Waals surface area contributed by atoms with Gasteiger partial charge in [0.25, 0.3) is 5.91 Å². The normalized spacial score (nSPS) is 10.9. The summed E-state index contributed by atoms with van der Waals surface area (Å²) in [6.07, 6.45) is 3.27. The first-order valence-corrected chi connectivity index (χ1v) is 10.9. The van der Waals surface area contributed by atoms with Gasteiger partial charge in [0.15, 0.2) is 5.76 Å². The number of hydrogen-bond acceptors (Lipinski definition) is 9. The molecule has 0 spiro atoms. The second-order valence-corrected chi connectivity index (χ2v) is 8.59. The Hall–Kier alpha value is -3.66. The first kappa shape index (κ1) is 21.6. The van der Waals surface area contributed by atoms with E-state index >= 15 is 0 Å². The van der Waals surface area contributed by atoms with E-state index in [1.54, 1.807) is 37.6 Å². The van der Waals surface area contributed by atoms with Crippen LogP contribution in [0, 0.1) is 27.7 Å². The molecule has 9 nitrogen and oxygen atoms in total. The largest absolute Gasteiger partial charge is 0.356 e. The number of thiophene rings is 1. The summed E-state index contributed by atoms with van der Waals surface area (Å²) in [6, 6.07) is 5.95. The molecule has 0 aliphatic rings. The first-order chi connectivity index (χ1) is 15.4. The molecule has 0 fully saturated rings. The van der Waals surface area contributed by atoms with Crippen LogP contribution >= 0.6 is 11.3 Å². The van der Waals surface area contributed by atoms with E-state index in [2.05, 4.69) is 43.7 Å². The minimum atomic E-state index is -0.212. The third kappa shape index (κ3) is 4.80. The molecule has 0 unspecified atom stereocenters. The van der Waals surface area contributed by atoms with Crippen molar-refractivity contribution in [3.05, 3.63) is 58.2 Å². The van der Waals surface area contributed by atoms with Crippen LogP contribution in [0.4, 0.5) is 5.95 Å². The van der Waals surface area contributed by atoms with Gasteiger partial charge in [-0.3, -0.25) is 4.79 Å². The highest BCUT2D eigenvalue weighted by atomic mass is 32.1. The van der Waals surface area contributed by atoms with Crippen molar-refractivity contribution in [3.63, 3.8) is 0 Å². The molecule has 2 N–H and O–H groups in total. The smallest absolute Gasteiger partial charge is 0.254 e. The van der Waals surface area contributed by atoms with Crippen LogP contribution in [0.5, 0.6) is 0 Å². The number of hydrogen-bond donors (Lipinski definition) is 2. The van der Waals surface area contributed by atoms with Gasteiger partial charge in [0.2, 0.25) is 5.95 Å². The summed E-state index contributed by atoms with van der Waals surface area (Å²) >= 11 is 1.65. The lowest BCUT2D eigenvalue weighted by molar-refractivity contribution is 0.0953. The minimum Gasteiger partial charge on any atom is -0.356 e. The summed E-state index contributed by atoms with van der Waals surface area (Å²) in [5.74, 6) is 1.52. The van der Waals surface area contributed by atoms with Gasteiger partial charge < -0.3 is 15.2 Å². The van der Waals surface area contributed by atoms with Gasteiger partial charge in [-0.2, -0.15) is 0 Å². The standard InChI is InChI=1S/C22H23N7O2S/c1-12-9-18(31-29-12)17-11-26-22(28-20(17)19-6-5-13(2)32-19)24-8-7-23-21(30)16-10-25-15(4)27-14(16)3/h5-6,9-11H,7-8H2,1-4H3,(H,23,30)(H,24,26,28). The van der Waals surface area contributed by atoms with Crippen molar-refractivity contribution in [2.24, 2.45) is 0 Å². The lowest BCUT2D eigenvalue weighted by atomic mass is 10.1. The third-order valence-electron chi connectivity index (χ3n) is 4.69. The minimum absolute atomic E-state index is 0.212. The van der Waals surface area contributed by atoms with Gasteiger partial charge in [-0.25, -0.2) is 19.9 Å². The van der Waals surface area contributed by atoms with Gasteiger partial charge >= 0.3 is 0 Å².